The zero-order valence-corrected chi connectivity index (χ0v) is 18.9. The minimum Gasteiger partial charge on any atom is -0.507 e. The number of anilines is 1. The Labute approximate surface area is 196 Å². The number of hydrogen-bond donors (Lipinski definition) is 1. The molecule has 0 saturated carbocycles. The van der Waals surface area contributed by atoms with E-state index in [0.717, 1.165) is 40.5 Å². The molecule has 0 bridgehead atoms. The molecule has 3 aromatic rings. The molecule has 1 N–H and O–H groups in total. The van der Waals surface area contributed by atoms with Crippen molar-refractivity contribution < 1.29 is 33.0 Å². The van der Waals surface area contributed by atoms with Gasteiger partial charge >= 0.3 is 11.9 Å². The SMILES string of the molecule is CCOC(=O)c1sc(N2C(=O)C(=O)/C(=C(\O)c3ccc(F)cc3)C2c2ccc(F)cc2)nc1C. The summed E-state index contributed by atoms with van der Waals surface area (Å²) in [4.78, 5) is 44.0. The third-order valence-electron chi connectivity index (χ3n) is 5.20. The molecule has 0 radical (unpaired) electrons. The molecule has 2 aromatic carbocycles. The van der Waals surface area contributed by atoms with Crippen LogP contribution in [0.4, 0.5) is 13.9 Å². The number of rotatable bonds is 5. The third-order valence-corrected chi connectivity index (χ3v) is 6.34. The molecular weight excluding hydrogens is 466 g/mol. The lowest BCUT2D eigenvalue weighted by atomic mass is 9.95. The molecule has 0 spiro atoms. The first-order valence-corrected chi connectivity index (χ1v) is 11.0. The van der Waals surface area contributed by atoms with Crippen LogP contribution in [0, 0.1) is 18.6 Å². The number of Topliss-reactive ketones (excluding diaryl/α,β-unsaturated/α-hetero) is 1. The van der Waals surface area contributed by atoms with Gasteiger partial charge in [0.1, 0.15) is 22.3 Å². The molecule has 1 saturated heterocycles. The van der Waals surface area contributed by atoms with Crippen molar-refractivity contribution in [2.24, 2.45) is 0 Å². The summed E-state index contributed by atoms with van der Waals surface area (Å²) in [6.07, 6.45) is 0. The number of thiazole rings is 1. The molecule has 34 heavy (non-hydrogen) atoms. The number of esters is 1. The van der Waals surface area contributed by atoms with Crippen molar-refractivity contribution in [3.63, 3.8) is 0 Å². The van der Waals surface area contributed by atoms with Gasteiger partial charge in [-0.1, -0.05) is 23.5 Å². The number of ketones is 1. The minimum absolute atomic E-state index is 0.0372. The maximum absolute atomic E-state index is 13.6. The average Bonchev–Trinajstić information content (AvgIpc) is 3.31. The standard InChI is InChI=1S/C24H18F2N2O5S/c1-3-33-23(32)21-12(2)27-24(34-21)28-18(13-4-8-15(25)9-5-13)17(20(30)22(28)31)19(29)14-6-10-16(26)11-7-14/h4-11,18,29H,3H2,1-2H3/b19-17-. The number of benzene rings is 2. The zero-order chi connectivity index (χ0) is 24.6. The van der Waals surface area contributed by atoms with Crippen LogP contribution < -0.4 is 4.90 Å². The monoisotopic (exact) mass is 484 g/mol. The average molecular weight is 484 g/mol. The minimum atomic E-state index is -1.16. The van der Waals surface area contributed by atoms with Crippen molar-refractivity contribution in [3.05, 3.63) is 87.4 Å². The van der Waals surface area contributed by atoms with Gasteiger partial charge in [-0.3, -0.25) is 14.5 Å². The molecule has 1 fully saturated rings. The van der Waals surface area contributed by atoms with Crippen LogP contribution in [0.25, 0.3) is 5.76 Å². The van der Waals surface area contributed by atoms with E-state index >= 15 is 0 Å². The largest absolute Gasteiger partial charge is 0.507 e. The van der Waals surface area contributed by atoms with Gasteiger partial charge in [-0.15, -0.1) is 0 Å². The lowest BCUT2D eigenvalue weighted by molar-refractivity contribution is -0.132. The van der Waals surface area contributed by atoms with Gasteiger partial charge in [0, 0.05) is 5.56 Å². The van der Waals surface area contributed by atoms with Crippen LogP contribution in [-0.2, 0) is 14.3 Å². The molecule has 1 aliphatic heterocycles. The fourth-order valence-electron chi connectivity index (χ4n) is 3.62. The Kier molecular flexibility index (Phi) is 6.25. The normalized spacial score (nSPS) is 17.3. The topological polar surface area (TPSA) is 96.8 Å². The van der Waals surface area contributed by atoms with Crippen LogP contribution in [0.5, 0.6) is 0 Å². The number of aryl methyl sites for hydroxylation is 1. The van der Waals surface area contributed by atoms with E-state index in [1.54, 1.807) is 13.8 Å². The summed E-state index contributed by atoms with van der Waals surface area (Å²) in [5, 5.41) is 11.0. The second-order valence-corrected chi connectivity index (χ2v) is 8.34. The lowest BCUT2D eigenvalue weighted by Crippen LogP contribution is -2.29. The Hall–Kier alpha value is -3.92. The summed E-state index contributed by atoms with van der Waals surface area (Å²) in [5.74, 6) is -4.20. The van der Waals surface area contributed by atoms with Gasteiger partial charge in [0.2, 0.25) is 0 Å². The molecule has 1 aliphatic rings. The highest BCUT2D eigenvalue weighted by atomic mass is 32.1. The van der Waals surface area contributed by atoms with Gasteiger partial charge in [-0.05, 0) is 55.8 Å². The first kappa shape index (κ1) is 23.2. The number of carbonyl (C=O) groups excluding carboxylic acids is 3. The van der Waals surface area contributed by atoms with Crippen LogP contribution in [0.15, 0.2) is 54.1 Å². The van der Waals surface area contributed by atoms with E-state index in [1.807, 2.05) is 0 Å². The van der Waals surface area contributed by atoms with Gasteiger partial charge in [0.05, 0.1) is 23.9 Å². The van der Waals surface area contributed by atoms with Crippen molar-refractivity contribution in [2.45, 2.75) is 19.9 Å². The number of aliphatic hydroxyl groups is 1. The molecule has 2 heterocycles. The summed E-state index contributed by atoms with van der Waals surface area (Å²) in [7, 11) is 0. The Morgan fingerprint density at radius 1 is 1.09 bits per heavy atom. The molecule has 1 aromatic heterocycles. The summed E-state index contributed by atoms with van der Waals surface area (Å²) in [6.45, 7) is 3.36. The van der Waals surface area contributed by atoms with Gasteiger partial charge in [0.15, 0.2) is 5.13 Å². The number of amides is 1. The molecular formula is C24H18F2N2O5S. The lowest BCUT2D eigenvalue weighted by Gasteiger charge is -2.23. The number of aliphatic hydroxyl groups excluding tert-OH is 1. The highest BCUT2D eigenvalue weighted by Crippen LogP contribution is 2.43. The van der Waals surface area contributed by atoms with Gasteiger partial charge in [-0.25, -0.2) is 18.6 Å². The summed E-state index contributed by atoms with van der Waals surface area (Å²) >= 11 is 0.863. The third kappa shape index (κ3) is 4.08. The van der Waals surface area contributed by atoms with Crippen molar-refractivity contribution in [1.82, 2.24) is 4.98 Å². The van der Waals surface area contributed by atoms with Crippen molar-refractivity contribution in [3.8, 4) is 0 Å². The van der Waals surface area contributed by atoms with Gasteiger partial charge in [0.25, 0.3) is 5.78 Å². The second kappa shape index (κ2) is 9.14. The highest BCUT2D eigenvalue weighted by Gasteiger charge is 2.48. The van der Waals surface area contributed by atoms with E-state index in [2.05, 4.69) is 4.98 Å². The predicted molar refractivity (Wildman–Crippen MR) is 120 cm³/mol. The van der Waals surface area contributed by atoms with Crippen molar-refractivity contribution in [1.29, 1.82) is 0 Å². The number of halogens is 2. The fraction of sp³-hybridized carbons (Fsp3) is 0.167. The number of ether oxygens (including phenoxy) is 1. The van der Waals surface area contributed by atoms with Crippen LogP contribution in [-0.4, -0.2) is 34.4 Å². The highest BCUT2D eigenvalue weighted by molar-refractivity contribution is 7.17. The quantitative estimate of drug-likeness (QED) is 0.247. The van der Waals surface area contributed by atoms with Crippen LogP contribution in [0.2, 0.25) is 0 Å². The van der Waals surface area contributed by atoms with Gasteiger partial charge < -0.3 is 9.84 Å². The Morgan fingerprint density at radius 2 is 1.68 bits per heavy atom. The molecule has 1 atom stereocenters. The summed E-state index contributed by atoms with van der Waals surface area (Å²) in [6, 6.07) is 8.66. The molecule has 174 valence electrons. The predicted octanol–water partition coefficient (Wildman–Crippen LogP) is 4.53. The fourth-order valence-corrected chi connectivity index (χ4v) is 4.61. The Balaban J connectivity index is 1.90. The van der Waals surface area contributed by atoms with E-state index in [9.17, 15) is 28.3 Å². The Bertz CT molecular complexity index is 1320. The maximum atomic E-state index is 13.6. The first-order valence-electron chi connectivity index (χ1n) is 10.2. The van der Waals surface area contributed by atoms with E-state index in [1.165, 1.54) is 24.3 Å². The second-order valence-electron chi connectivity index (χ2n) is 7.36. The van der Waals surface area contributed by atoms with Crippen LogP contribution in [0.3, 0.4) is 0 Å². The molecule has 0 aliphatic carbocycles. The van der Waals surface area contributed by atoms with Crippen molar-refractivity contribution in [2.75, 3.05) is 11.5 Å². The number of nitrogens with zero attached hydrogens (tertiary/aromatic N) is 2. The number of hydrogen-bond acceptors (Lipinski definition) is 7. The Morgan fingerprint density at radius 3 is 2.26 bits per heavy atom. The van der Waals surface area contributed by atoms with Crippen molar-refractivity contribution >= 4 is 39.9 Å². The zero-order valence-electron chi connectivity index (χ0n) is 18.0. The first-order chi connectivity index (χ1) is 16.2. The van der Waals surface area contributed by atoms with E-state index in [4.69, 9.17) is 4.74 Å². The molecule has 4 rings (SSSR count). The van der Waals surface area contributed by atoms with E-state index in [-0.39, 0.29) is 27.8 Å². The summed E-state index contributed by atoms with van der Waals surface area (Å²) in [5.41, 5.74) is 0.481. The summed E-state index contributed by atoms with van der Waals surface area (Å²) < 4.78 is 32.0. The van der Waals surface area contributed by atoms with Crippen LogP contribution >= 0.6 is 11.3 Å². The molecule has 1 unspecified atom stereocenters. The van der Waals surface area contributed by atoms with E-state index < -0.39 is 41.1 Å². The number of carbonyl (C=O) groups is 3. The molecule has 7 nitrogen and oxygen atoms in total. The smallest absolute Gasteiger partial charge is 0.350 e. The molecule has 1 amide bonds. The number of aromatic nitrogens is 1. The van der Waals surface area contributed by atoms with E-state index in [0.29, 0.717) is 11.3 Å². The van der Waals surface area contributed by atoms with Gasteiger partial charge in [-0.2, -0.15) is 0 Å². The van der Waals surface area contributed by atoms with Crippen LogP contribution in [0.1, 0.15) is 39.5 Å². The molecule has 10 heteroatoms. The maximum Gasteiger partial charge on any atom is 0.350 e.